The third kappa shape index (κ3) is 7.70. The topological polar surface area (TPSA) is 171 Å². The molecule has 4 atom stereocenters. The number of nitrogens with two attached hydrogens (primary N) is 1. The molecule has 0 heterocycles. The van der Waals surface area contributed by atoms with E-state index in [1.54, 1.807) is 26.0 Å². The van der Waals surface area contributed by atoms with Crippen molar-refractivity contribution in [3.63, 3.8) is 0 Å². The van der Waals surface area contributed by atoms with E-state index in [0.29, 0.717) is 0 Å². The Morgan fingerprint density at radius 3 is 1.90 bits per heavy atom. The molecule has 0 aliphatic rings. The van der Waals surface area contributed by atoms with E-state index in [9.17, 15) is 24.3 Å². The van der Waals surface area contributed by atoms with Crippen molar-refractivity contribution in [1.82, 2.24) is 16.0 Å². The second-order valence-electron chi connectivity index (χ2n) is 7.51. The Kier molecular flexibility index (Phi) is 9.25. The molecular weight excluding hydrogens is 392 g/mol. The summed E-state index contributed by atoms with van der Waals surface area (Å²) in [5.74, 6) is -3.18. The summed E-state index contributed by atoms with van der Waals surface area (Å²) in [5.41, 5.74) is 6.64. The first kappa shape index (κ1) is 24.9. The van der Waals surface area contributed by atoms with Crippen LogP contribution in [0.15, 0.2) is 24.3 Å². The molecule has 4 unspecified atom stereocenters. The van der Waals surface area contributed by atoms with Crippen LogP contribution >= 0.6 is 0 Å². The van der Waals surface area contributed by atoms with Crippen LogP contribution in [-0.2, 0) is 25.6 Å². The average Bonchev–Trinajstić information content (AvgIpc) is 2.66. The number of rotatable bonds is 10. The molecular formula is C20H30N4O6. The molecule has 0 aromatic heterocycles. The number of carbonyl (C=O) groups excluding carboxylic acids is 3. The highest BCUT2D eigenvalue weighted by atomic mass is 16.4. The van der Waals surface area contributed by atoms with Crippen molar-refractivity contribution < 1.29 is 29.4 Å². The van der Waals surface area contributed by atoms with Gasteiger partial charge in [-0.3, -0.25) is 19.2 Å². The van der Waals surface area contributed by atoms with Crippen LogP contribution in [0.1, 0.15) is 33.3 Å². The molecule has 1 rings (SSSR count). The second kappa shape index (κ2) is 11.1. The molecule has 7 N–H and O–H groups in total. The molecule has 0 aliphatic heterocycles. The van der Waals surface area contributed by atoms with Crippen molar-refractivity contribution >= 4 is 23.7 Å². The Hall–Kier alpha value is -3.14. The first-order valence-corrected chi connectivity index (χ1v) is 9.59. The van der Waals surface area contributed by atoms with Crippen LogP contribution in [0, 0.1) is 5.92 Å². The molecule has 10 heteroatoms. The highest BCUT2D eigenvalue weighted by Crippen LogP contribution is 2.11. The van der Waals surface area contributed by atoms with E-state index >= 15 is 0 Å². The van der Waals surface area contributed by atoms with Crippen LogP contribution in [0.5, 0.6) is 5.75 Å². The van der Waals surface area contributed by atoms with Gasteiger partial charge in [0.1, 0.15) is 23.9 Å². The standard InChI is InChI=1S/C20H30N4O6/c1-10(2)16(19(28)23-12(4)20(29)30)24-17(26)11(3)22-18(27)15(21)9-13-5-7-14(25)8-6-13/h5-8,10-12,15-16,25H,9,21H2,1-4H3,(H,22,27)(H,23,28)(H,24,26)(H,29,30). The van der Waals surface area contributed by atoms with Gasteiger partial charge in [-0.2, -0.15) is 0 Å². The first-order valence-electron chi connectivity index (χ1n) is 9.59. The summed E-state index contributed by atoms with van der Waals surface area (Å²) < 4.78 is 0. The number of benzene rings is 1. The minimum absolute atomic E-state index is 0.101. The molecule has 30 heavy (non-hydrogen) atoms. The monoisotopic (exact) mass is 422 g/mol. The van der Waals surface area contributed by atoms with E-state index in [1.807, 2.05) is 0 Å². The summed E-state index contributed by atoms with van der Waals surface area (Å²) >= 11 is 0. The lowest BCUT2D eigenvalue weighted by molar-refractivity contribution is -0.142. The Balaban J connectivity index is 2.65. The molecule has 3 amide bonds. The highest BCUT2D eigenvalue weighted by molar-refractivity contribution is 5.94. The fourth-order valence-corrected chi connectivity index (χ4v) is 2.54. The number of nitrogens with one attached hydrogen (secondary N) is 3. The number of carboxylic acids is 1. The zero-order valence-electron chi connectivity index (χ0n) is 17.5. The van der Waals surface area contributed by atoms with Gasteiger partial charge >= 0.3 is 5.97 Å². The Labute approximate surface area is 175 Å². The van der Waals surface area contributed by atoms with E-state index in [1.165, 1.54) is 26.0 Å². The molecule has 0 bridgehead atoms. The number of carboxylic acid groups (broad SMARTS) is 1. The lowest BCUT2D eigenvalue weighted by atomic mass is 10.0. The van der Waals surface area contributed by atoms with Crippen LogP contribution in [0.3, 0.4) is 0 Å². The van der Waals surface area contributed by atoms with Gasteiger partial charge < -0.3 is 31.9 Å². The molecule has 0 aliphatic carbocycles. The van der Waals surface area contributed by atoms with E-state index in [-0.39, 0.29) is 18.1 Å². The summed E-state index contributed by atoms with van der Waals surface area (Å²) in [4.78, 5) is 48.0. The minimum atomic E-state index is -1.19. The van der Waals surface area contributed by atoms with Gasteiger partial charge in [-0.05, 0) is 43.9 Å². The normalized spacial score (nSPS) is 14.9. The van der Waals surface area contributed by atoms with Crippen LogP contribution in [0.25, 0.3) is 0 Å². The van der Waals surface area contributed by atoms with Gasteiger partial charge in [0.2, 0.25) is 17.7 Å². The van der Waals surface area contributed by atoms with Gasteiger partial charge in [-0.1, -0.05) is 26.0 Å². The lowest BCUT2D eigenvalue weighted by Crippen LogP contribution is -2.57. The van der Waals surface area contributed by atoms with Crippen molar-refractivity contribution in [2.45, 2.75) is 58.3 Å². The van der Waals surface area contributed by atoms with Crippen LogP contribution in [0.2, 0.25) is 0 Å². The average molecular weight is 422 g/mol. The van der Waals surface area contributed by atoms with Gasteiger partial charge in [0.25, 0.3) is 0 Å². The maximum atomic E-state index is 12.4. The molecule has 10 nitrogen and oxygen atoms in total. The number of aromatic hydroxyl groups is 1. The van der Waals surface area contributed by atoms with Crippen molar-refractivity contribution in [2.75, 3.05) is 0 Å². The number of phenolic OH excluding ortho intramolecular Hbond substituents is 1. The lowest BCUT2D eigenvalue weighted by Gasteiger charge is -2.25. The third-order valence-electron chi connectivity index (χ3n) is 4.46. The van der Waals surface area contributed by atoms with Gasteiger partial charge in [-0.15, -0.1) is 0 Å². The van der Waals surface area contributed by atoms with Gasteiger partial charge in [-0.25, -0.2) is 0 Å². The summed E-state index contributed by atoms with van der Waals surface area (Å²) in [7, 11) is 0. The van der Waals surface area contributed by atoms with Crippen molar-refractivity contribution in [3.05, 3.63) is 29.8 Å². The number of phenols is 1. The van der Waals surface area contributed by atoms with E-state index in [2.05, 4.69) is 16.0 Å². The van der Waals surface area contributed by atoms with E-state index in [0.717, 1.165) is 5.56 Å². The highest BCUT2D eigenvalue weighted by Gasteiger charge is 2.29. The molecule has 0 saturated heterocycles. The molecule has 0 spiro atoms. The van der Waals surface area contributed by atoms with Crippen molar-refractivity contribution in [1.29, 1.82) is 0 Å². The predicted molar refractivity (Wildman–Crippen MR) is 109 cm³/mol. The molecule has 166 valence electrons. The van der Waals surface area contributed by atoms with Crippen molar-refractivity contribution in [2.24, 2.45) is 11.7 Å². The Bertz CT molecular complexity index is 765. The number of carbonyl (C=O) groups is 4. The smallest absolute Gasteiger partial charge is 0.325 e. The maximum Gasteiger partial charge on any atom is 0.325 e. The largest absolute Gasteiger partial charge is 0.508 e. The maximum absolute atomic E-state index is 12.4. The van der Waals surface area contributed by atoms with Gasteiger partial charge in [0.15, 0.2) is 0 Å². The van der Waals surface area contributed by atoms with E-state index in [4.69, 9.17) is 10.8 Å². The Morgan fingerprint density at radius 1 is 0.867 bits per heavy atom. The number of aliphatic carboxylic acids is 1. The summed E-state index contributed by atoms with van der Waals surface area (Å²) in [6.07, 6.45) is 0.213. The number of hydrogen-bond acceptors (Lipinski definition) is 6. The molecule has 0 saturated carbocycles. The number of hydrogen-bond donors (Lipinski definition) is 6. The van der Waals surface area contributed by atoms with E-state index < -0.39 is 47.9 Å². The summed E-state index contributed by atoms with van der Waals surface area (Å²) in [5, 5.41) is 25.6. The number of amides is 3. The molecule has 0 radical (unpaired) electrons. The van der Waals surface area contributed by atoms with Crippen LogP contribution in [0.4, 0.5) is 0 Å². The second-order valence-corrected chi connectivity index (χ2v) is 7.51. The summed E-state index contributed by atoms with van der Waals surface area (Å²) in [6.45, 7) is 6.17. The fraction of sp³-hybridized carbons (Fsp3) is 0.500. The molecule has 1 aromatic rings. The van der Waals surface area contributed by atoms with Crippen LogP contribution in [-0.4, -0.2) is 58.1 Å². The van der Waals surface area contributed by atoms with Crippen molar-refractivity contribution in [3.8, 4) is 5.75 Å². The van der Waals surface area contributed by atoms with Gasteiger partial charge in [0, 0.05) is 0 Å². The minimum Gasteiger partial charge on any atom is -0.508 e. The zero-order chi connectivity index (χ0) is 23.0. The quantitative estimate of drug-likeness (QED) is 0.295. The fourth-order valence-electron chi connectivity index (χ4n) is 2.54. The SMILES string of the molecule is CC(NC(=O)C(NC(=O)C(C)NC(=O)C(N)Cc1ccc(O)cc1)C(C)C)C(=O)O. The van der Waals surface area contributed by atoms with Crippen LogP contribution < -0.4 is 21.7 Å². The molecule has 1 aromatic carbocycles. The first-order chi connectivity index (χ1) is 13.9. The third-order valence-corrected chi connectivity index (χ3v) is 4.46. The van der Waals surface area contributed by atoms with Gasteiger partial charge in [0.05, 0.1) is 6.04 Å². The zero-order valence-corrected chi connectivity index (χ0v) is 17.5. The Morgan fingerprint density at radius 2 is 1.40 bits per heavy atom. The molecule has 0 fully saturated rings. The predicted octanol–water partition coefficient (Wildman–Crippen LogP) is -0.503. The summed E-state index contributed by atoms with van der Waals surface area (Å²) in [6, 6.07) is 2.30.